The molecule has 3 aromatic rings. The van der Waals surface area contributed by atoms with Crippen molar-refractivity contribution in [1.82, 2.24) is 15.3 Å². The Morgan fingerprint density at radius 1 is 1.17 bits per heavy atom. The van der Waals surface area contributed by atoms with E-state index in [-0.39, 0.29) is 17.2 Å². The highest BCUT2D eigenvalue weighted by Gasteiger charge is 2.39. The van der Waals surface area contributed by atoms with E-state index in [1.807, 2.05) is 30.3 Å². The number of aromatic nitrogens is 2. The van der Waals surface area contributed by atoms with E-state index in [0.29, 0.717) is 12.4 Å². The van der Waals surface area contributed by atoms with Gasteiger partial charge in [0.1, 0.15) is 6.04 Å². The van der Waals surface area contributed by atoms with E-state index in [2.05, 4.69) is 40.5 Å². The first-order valence-electron chi connectivity index (χ1n) is 9.62. The molecule has 29 heavy (non-hydrogen) atoms. The van der Waals surface area contributed by atoms with Crippen LogP contribution in [0.4, 0.5) is 5.13 Å². The molecule has 2 N–H and O–H groups in total. The Balaban J connectivity index is 1.54. The average Bonchev–Trinajstić information content (AvgIpc) is 3.09. The lowest BCUT2D eigenvalue weighted by Gasteiger charge is -2.37. The molecule has 7 heteroatoms. The molecule has 0 saturated heterocycles. The number of carbonyl (C=O) groups excluding carboxylic acids is 1. The topological polar surface area (TPSA) is 79.3 Å². The highest BCUT2D eigenvalue weighted by Crippen LogP contribution is 2.42. The minimum Gasteiger partial charge on any atom is -0.329 e. The molecule has 0 unspecified atom stereocenters. The Morgan fingerprint density at radius 2 is 2.03 bits per heavy atom. The summed E-state index contributed by atoms with van der Waals surface area (Å²) in [4.78, 5) is 26.7. The number of anilines is 1. The number of guanidine groups is 1. The van der Waals surface area contributed by atoms with Crippen LogP contribution < -0.4 is 10.6 Å². The number of aliphatic imine (C=N–C) groups is 1. The Kier molecular flexibility index (Phi) is 4.20. The van der Waals surface area contributed by atoms with E-state index in [9.17, 15) is 4.79 Å². The third kappa shape index (κ3) is 3.42. The van der Waals surface area contributed by atoms with Gasteiger partial charge in [-0.25, -0.2) is 9.98 Å². The monoisotopic (exact) mass is 403 g/mol. The van der Waals surface area contributed by atoms with Crippen LogP contribution in [0.1, 0.15) is 38.3 Å². The summed E-state index contributed by atoms with van der Waals surface area (Å²) in [5, 5.41) is 7.47. The molecule has 1 atom stereocenters. The number of allylic oxidation sites excluding steroid dienone is 1. The Morgan fingerprint density at radius 3 is 2.83 bits per heavy atom. The second kappa shape index (κ2) is 6.77. The van der Waals surface area contributed by atoms with Crippen LogP contribution in [-0.2, 0) is 4.79 Å². The number of carbonyl (C=O) groups is 1. The van der Waals surface area contributed by atoms with Gasteiger partial charge in [-0.15, -0.1) is 0 Å². The minimum absolute atomic E-state index is 0.0826. The first-order valence-corrected chi connectivity index (χ1v) is 10.4. The average molecular weight is 404 g/mol. The van der Waals surface area contributed by atoms with Crippen LogP contribution in [0.25, 0.3) is 10.2 Å². The van der Waals surface area contributed by atoms with Crippen molar-refractivity contribution in [3.05, 3.63) is 65.6 Å². The number of hydrogen-bond donors (Lipinski definition) is 2. The number of nitrogens with one attached hydrogen (secondary N) is 2. The van der Waals surface area contributed by atoms with Crippen LogP contribution in [0.3, 0.4) is 0 Å². The van der Waals surface area contributed by atoms with Gasteiger partial charge < -0.3 is 10.6 Å². The summed E-state index contributed by atoms with van der Waals surface area (Å²) >= 11 is 1.58. The van der Waals surface area contributed by atoms with Crippen LogP contribution in [0.15, 0.2) is 65.1 Å². The maximum atomic E-state index is 13.0. The SMILES string of the molecule is CC1(C)CC(=O)C2=C(C1)NC(Nc1nc3ccccc3s1)=N[C@H]2c1cccnc1. The third-order valence-corrected chi connectivity index (χ3v) is 6.19. The highest BCUT2D eigenvalue weighted by atomic mass is 32.1. The predicted octanol–water partition coefficient (Wildman–Crippen LogP) is 4.45. The van der Waals surface area contributed by atoms with Crippen molar-refractivity contribution in [1.29, 1.82) is 0 Å². The summed E-state index contributed by atoms with van der Waals surface area (Å²) in [7, 11) is 0. The zero-order valence-electron chi connectivity index (χ0n) is 16.3. The fraction of sp³-hybridized carbons (Fsp3) is 0.273. The molecule has 3 heterocycles. The van der Waals surface area contributed by atoms with Gasteiger partial charge in [0.05, 0.1) is 10.2 Å². The Hall–Kier alpha value is -3.06. The van der Waals surface area contributed by atoms with Gasteiger partial charge in [-0.05, 0) is 35.6 Å². The van der Waals surface area contributed by atoms with Crippen molar-refractivity contribution in [2.24, 2.45) is 10.4 Å². The second-order valence-corrected chi connectivity index (χ2v) is 9.27. The smallest absolute Gasteiger partial charge is 0.202 e. The number of hydrogen-bond acceptors (Lipinski definition) is 7. The van der Waals surface area contributed by atoms with Crippen molar-refractivity contribution in [3.63, 3.8) is 0 Å². The molecule has 6 nitrogen and oxygen atoms in total. The van der Waals surface area contributed by atoms with E-state index in [0.717, 1.165) is 38.6 Å². The molecule has 1 aromatic carbocycles. The fourth-order valence-corrected chi connectivity index (χ4v) is 4.87. The number of ketones is 1. The molecule has 0 saturated carbocycles. The Bertz CT molecular complexity index is 1130. The van der Waals surface area contributed by atoms with E-state index < -0.39 is 0 Å². The lowest BCUT2D eigenvalue weighted by molar-refractivity contribution is -0.118. The number of pyridine rings is 1. The number of para-hydroxylation sites is 1. The highest BCUT2D eigenvalue weighted by molar-refractivity contribution is 7.22. The van der Waals surface area contributed by atoms with Crippen molar-refractivity contribution < 1.29 is 4.79 Å². The molecular weight excluding hydrogens is 382 g/mol. The van der Waals surface area contributed by atoms with E-state index in [1.165, 1.54) is 0 Å². The zero-order chi connectivity index (χ0) is 20.0. The van der Waals surface area contributed by atoms with Gasteiger partial charge in [-0.3, -0.25) is 9.78 Å². The molecule has 0 spiro atoms. The summed E-state index contributed by atoms with van der Waals surface area (Å²) in [6.45, 7) is 4.25. The quantitative estimate of drug-likeness (QED) is 0.661. The molecule has 2 aliphatic rings. The van der Waals surface area contributed by atoms with Gasteiger partial charge in [-0.2, -0.15) is 0 Å². The summed E-state index contributed by atoms with van der Waals surface area (Å²) in [5.41, 5.74) is 3.49. The molecule has 0 radical (unpaired) electrons. The second-order valence-electron chi connectivity index (χ2n) is 8.24. The van der Waals surface area contributed by atoms with Gasteiger partial charge >= 0.3 is 0 Å². The van der Waals surface area contributed by atoms with E-state index in [4.69, 9.17) is 4.99 Å². The van der Waals surface area contributed by atoms with Crippen LogP contribution in [0.5, 0.6) is 0 Å². The summed E-state index contributed by atoms with van der Waals surface area (Å²) in [6.07, 6.45) is 4.84. The fourth-order valence-electron chi connectivity index (χ4n) is 4.00. The van der Waals surface area contributed by atoms with Crippen molar-refractivity contribution >= 4 is 38.4 Å². The lowest BCUT2D eigenvalue weighted by Crippen LogP contribution is -2.41. The number of benzene rings is 1. The normalized spacial score (nSPS) is 20.8. The van der Waals surface area contributed by atoms with Crippen LogP contribution >= 0.6 is 11.3 Å². The number of Topliss-reactive ketones (excluding diaryl/α,β-unsaturated/α-hetero) is 1. The van der Waals surface area contributed by atoms with E-state index in [1.54, 1.807) is 23.7 Å². The molecule has 0 bridgehead atoms. The summed E-state index contributed by atoms with van der Waals surface area (Å²) in [5.74, 6) is 0.766. The Labute approximate surface area is 172 Å². The van der Waals surface area contributed by atoms with Gasteiger partial charge in [0.2, 0.25) is 5.96 Å². The first kappa shape index (κ1) is 18.0. The third-order valence-electron chi connectivity index (χ3n) is 5.24. The molecule has 5 rings (SSSR count). The summed E-state index contributed by atoms with van der Waals surface area (Å²) in [6, 6.07) is 11.5. The minimum atomic E-state index is -0.361. The van der Waals surface area contributed by atoms with E-state index >= 15 is 0 Å². The van der Waals surface area contributed by atoms with Gasteiger partial charge in [0.25, 0.3) is 0 Å². The maximum absolute atomic E-state index is 13.0. The van der Waals surface area contributed by atoms with Gasteiger partial charge in [0, 0.05) is 30.1 Å². The molecule has 1 aliphatic carbocycles. The van der Waals surface area contributed by atoms with Crippen LogP contribution in [0, 0.1) is 5.41 Å². The maximum Gasteiger partial charge on any atom is 0.202 e. The molecule has 2 aromatic heterocycles. The summed E-state index contributed by atoms with van der Waals surface area (Å²) < 4.78 is 1.11. The molecular formula is C22H21N5OS. The number of nitrogens with zero attached hydrogens (tertiary/aromatic N) is 3. The molecule has 0 fully saturated rings. The van der Waals surface area contributed by atoms with Gasteiger partial charge in [-0.1, -0.05) is 43.4 Å². The molecule has 0 amide bonds. The standard InChI is InChI=1S/C22H21N5OS/c1-22(2)10-15-18(16(28)11-22)19(13-6-5-9-23-12-13)26-20(24-15)27-21-25-14-7-3-4-8-17(14)29-21/h3-9,12,19H,10-11H2,1-2H3,(H2,24,25,26,27)/t19-/m0/s1. The predicted molar refractivity (Wildman–Crippen MR) is 116 cm³/mol. The number of rotatable bonds is 2. The van der Waals surface area contributed by atoms with Crippen LogP contribution in [-0.4, -0.2) is 21.7 Å². The number of fused-ring (bicyclic) bond motifs is 1. The first-order chi connectivity index (χ1) is 14.0. The van der Waals surface area contributed by atoms with Crippen molar-refractivity contribution in [2.45, 2.75) is 32.7 Å². The van der Waals surface area contributed by atoms with Crippen molar-refractivity contribution in [2.75, 3.05) is 5.32 Å². The van der Waals surface area contributed by atoms with Gasteiger partial charge in [0.15, 0.2) is 10.9 Å². The largest absolute Gasteiger partial charge is 0.329 e. The molecule has 1 aliphatic heterocycles. The van der Waals surface area contributed by atoms with Crippen LogP contribution in [0.2, 0.25) is 0 Å². The van der Waals surface area contributed by atoms with Crippen molar-refractivity contribution in [3.8, 4) is 0 Å². The zero-order valence-corrected chi connectivity index (χ0v) is 17.1. The molecule has 146 valence electrons. The number of thiazole rings is 1. The lowest BCUT2D eigenvalue weighted by atomic mass is 9.73.